The van der Waals surface area contributed by atoms with Crippen LogP contribution in [0.4, 0.5) is 11.8 Å². The van der Waals surface area contributed by atoms with Crippen LogP contribution in [0.3, 0.4) is 0 Å². The van der Waals surface area contributed by atoms with Crippen LogP contribution < -0.4 is 16.8 Å². The molecule has 1 aromatic carbocycles. The number of nitrogens with zero attached hydrogens (tertiary/aromatic N) is 5. The molecule has 1 fully saturated rings. The van der Waals surface area contributed by atoms with Gasteiger partial charge in [0.2, 0.25) is 11.9 Å². The molecule has 0 atom stereocenters. The van der Waals surface area contributed by atoms with Gasteiger partial charge in [-0.05, 0) is 36.1 Å². The van der Waals surface area contributed by atoms with E-state index in [0.29, 0.717) is 32.1 Å². The van der Waals surface area contributed by atoms with Crippen molar-refractivity contribution in [1.82, 2.24) is 24.3 Å². The van der Waals surface area contributed by atoms with E-state index in [9.17, 15) is 4.79 Å². The molecule has 1 saturated heterocycles. The number of carbonyl (C=O) groups excluding carboxylic acids is 1. The second-order valence-corrected chi connectivity index (χ2v) is 10.3. The Bertz CT molecular complexity index is 1220. The maximum atomic E-state index is 12.4. The number of benzene rings is 1. The number of hydrogen-bond donors (Lipinski definition) is 3. The van der Waals surface area contributed by atoms with Gasteiger partial charge in [-0.1, -0.05) is 38.0 Å². The summed E-state index contributed by atoms with van der Waals surface area (Å²) in [6.45, 7) is 11.6. The molecule has 4 rings (SSSR count). The Kier molecular flexibility index (Phi) is 10.5. The molecule has 10 nitrogen and oxygen atoms in total. The van der Waals surface area contributed by atoms with Gasteiger partial charge in [0.05, 0.1) is 25.2 Å². The number of anilines is 2. The molecule has 1 aliphatic heterocycles. The van der Waals surface area contributed by atoms with Crippen LogP contribution in [0.25, 0.3) is 11.0 Å². The van der Waals surface area contributed by atoms with Gasteiger partial charge in [-0.25, -0.2) is 4.98 Å². The predicted molar refractivity (Wildman–Crippen MR) is 157 cm³/mol. The van der Waals surface area contributed by atoms with Crippen molar-refractivity contribution < 1.29 is 9.53 Å². The van der Waals surface area contributed by atoms with Crippen LogP contribution >= 0.6 is 0 Å². The molecule has 3 heterocycles. The highest BCUT2D eigenvalue weighted by Gasteiger charge is 2.21. The topological polar surface area (TPSA) is 128 Å². The van der Waals surface area contributed by atoms with Gasteiger partial charge in [-0.3, -0.25) is 9.69 Å². The first-order valence-electron chi connectivity index (χ1n) is 14.2. The van der Waals surface area contributed by atoms with Crippen molar-refractivity contribution in [2.75, 3.05) is 63.5 Å². The van der Waals surface area contributed by atoms with Crippen molar-refractivity contribution in [1.29, 1.82) is 0 Å². The fraction of sp³-hybridized carbons (Fsp3) is 0.552. The number of aromatic nitrogens is 3. The molecule has 2 aromatic heterocycles. The summed E-state index contributed by atoms with van der Waals surface area (Å²) in [4.78, 5) is 25.7. The number of hydrogen-bond acceptors (Lipinski definition) is 8. The maximum Gasteiger partial charge on any atom is 0.224 e. The molecular weight excluding hydrogens is 492 g/mol. The van der Waals surface area contributed by atoms with Gasteiger partial charge in [-0.2, -0.15) is 4.98 Å². The smallest absolute Gasteiger partial charge is 0.224 e. The highest BCUT2D eigenvalue weighted by molar-refractivity contribution is 5.87. The monoisotopic (exact) mass is 536 g/mol. The van der Waals surface area contributed by atoms with E-state index in [1.165, 1.54) is 29.5 Å². The molecule has 3 aromatic rings. The van der Waals surface area contributed by atoms with E-state index < -0.39 is 0 Å². The molecule has 10 heteroatoms. The van der Waals surface area contributed by atoms with Gasteiger partial charge in [0.15, 0.2) is 5.82 Å². The molecule has 1 amide bonds. The van der Waals surface area contributed by atoms with Gasteiger partial charge < -0.3 is 31.0 Å². The van der Waals surface area contributed by atoms with Crippen LogP contribution in [0.2, 0.25) is 0 Å². The van der Waals surface area contributed by atoms with Crippen molar-refractivity contribution in [2.24, 2.45) is 5.73 Å². The molecule has 0 saturated carbocycles. The summed E-state index contributed by atoms with van der Waals surface area (Å²) in [6, 6.07) is 8.74. The minimum Gasteiger partial charge on any atom is -0.380 e. The largest absolute Gasteiger partial charge is 0.380 e. The average Bonchev–Trinajstić information content (AvgIpc) is 3.33. The fourth-order valence-corrected chi connectivity index (χ4v) is 5.10. The SMILES string of the molecule is CCCCCNc1nc(N)nc2ccn(Cc3ccc(CN4CCN(C(=O)CCOCCN)CC4)cc3C)c12. The first-order chi connectivity index (χ1) is 19.0. The Hall–Kier alpha value is -3.21. The second kappa shape index (κ2) is 14.3. The zero-order valence-corrected chi connectivity index (χ0v) is 23.5. The van der Waals surface area contributed by atoms with Crippen LogP contribution in [-0.4, -0.2) is 82.7 Å². The molecule has 0 unspecified atom stereocenters. The van der Waals surface area contributed by atoms with Crippen LogP contribution in [0.15, 0.2) is 30.5 Å². The molecular formula is C29H44N8O2. The number of unbranched alkanes of at least 4 members (excludes halogenated alkanes) is 2. The lowest BCUT2D eigenvalue weighted by atomic mass is 10.0. The van der Waals surface area contributed by atoms with Gasteiger partial charge in [0.25, 0.3) is 0 Å². The minimum atomic E-state index is 0.164. The van der Waals surface area contributed by atoms with Crippen LogP contribution in [0.5, 0.6) is 0 Å². The lowest BCUT2D eigenvalue weighted by molar-refractivity contribution is -0.134. The molecule has 1 aliphatic rings. The summed E-state index contributed by atoms with van der Waals surface area (Å²) in [5.41, 5.74) is 17.1. The number of rotatable bonds is 14. The Morgan fingerprint density at radius 3 is 2.64 bits per heavy atom. The van der Waals surface area contributed by atoms with Crippen molar-refractivity contribution >= 4 is 28.7 Å². The first kappa shape index (κ1) is 28.8. The summed E-state index contributed by atoms with van der Waals surface area (Å²) in [7, 11) is 0. The lowest BCUT2D eigenvalue weighted by Crippen LogP contribution is -2.48. The molecule has 212 valence electrons. The summed E-state index contributed by atoms with van der Waals surface area (Å²) >= 11 is 0. The van der Waals surface area contributed by atoms with Crippen LogP contribution in [-0.2, 0) is 22.6 Å². The lowest BCUT2D eigenvalue weighted by Gasteiger charge is -2.35. The van der Waals surface area contributed by atoms with E-state index in [-0.39, 0.29) is 5.91 Å². The second-order valence-electron chi connectivity index (χ2n) is 10.3. The van der Waals surface area contributed by atoms with E-state index >= 15 is 0 Å². The Morgan fingerprint density at radius 2 is 1.90 bits per heavy atom. The van der Waals surface area contributed by atoms with Gasteiger partial charge in [-0.15, -0.1) is 0 Å². The van der Waals surface area contributed by atoms with Crippen molar-refractivity contribution in [3.8, 4) is 0 Å². The van der Waals surface area contributed by atoms with E-state index in [4.69, 9.17) is 16.2 Å². The predicted octanol–water partition coefficient (Wildman–Crippen LogP) is 2.98. The highest BCUT2D eigenvalue weighted by atomic mass is 16.5. The van der Waals surface area contributed by atoms with E-state index in [0.717, 1.165) is 69.1 Å². The summed E-state index contributed by atoms with van der Waals surface area (Å²) in [5, 5.41) is 3.48. The number of carbonyl (C=O) groups is 1. The third-order valence-corrected chi connectivity index (χ3v) is 7.30. The highest BCUT2D eigenvalue weighted by Crippen LogP contribution is 2.25. The van der Waals surface area contributed by atoms with E-state index in [1.807, 2.05) is 11.0 Å². The molecule has 0 spiro atoms. The number of nitrogen functional groups attached to an aromatic ring is 1. The number of ether oxygens (including phenoxy) is 1. The van der Waals surface area contributed by atoms with Gasteiger partial charge >= 0.3 is 0 Å². The van der Waals surface area contributed by atoms with Gasteiger partial charge in [0.1, 0.15) is 5.52 Å². The summed E-state index contributed by atoms with van der Waals surface area (Å²) in [6.07, 6.45) is 5.94. The first-order valence-corrected chi connectivity index (χ1v) is 14.2. The van der Waals surface area contributed by atoms with Gasteiger partial charge in [0, 0.05) is 58.6 Å². The van der Waals surface area contributed by atoms with Crippen LogP contribution in [0, 0.1) is 6.92 Å². The zero-order chi connectivity index (χ0) is 27.6. The number of fused-ring (bicyclic) bond motifs is 1. The number of amides is 1. The van der Waals surface area contributed by atoms with Crippen molar-refractivity contribution in [3.63, 3.8) is 0 Å². The third kappa shape index (κ3) is 7.90. The number of aryl methyl sites for hydroxylation is 1. The third-order valence-electron chi connectivity index (χ3n) is 7.30. The summed E-state index contributed by atoms with van der Waals surface area (Å²) in [5.74, 6) is 1.26. The van der Waals surface area contributed by atoms with E-state index in [2.05, 4.69) is 63.0 Å². The quantitative estimate of drug-likeness (QED) is 0.268. The molecule has 0 radical (unpaired) electrons. The normalized spacial score (nSPS) is 14.3. The molecule has 5 N–H and O–H groups in total. The Labute approximate surface area is 231 Å². The molecule has 0 bridgehead atoms. The molecule has 39 heavy (non-hydrogen) atoms. The standard InChI is InChI=1S/C29H44N8O2/c1-3-4-5-11-32-28-27-25(33-29(31)34-28)8-12-37(27)21-24-7-6-23(19-22(24)2)20-35-13-15-36(16-14-35)26(38)9-17-39-18-10-30/h6-8,12,19H,3-5,9-11,13-18,20-21,30H2,1-2H3,(H3,31,32,33,34). The number of piperazine rings is 1. The van der Waals surface area contributed by atoms with Crippen molar-refractivity contribution in [2.45, 2.75) is 52.6 Å². The van der Waals surface area contributed by atoms with E-state index in [1.54, 1.807) is 0 Å². The number of nitrogens with two attached hydrogens (primary N) is 2. The minimum absolute atomic E-state index is 0.164. The number of nitrogens with one attached hydrogen (secondary N) is 1. The fourth-order valence-electron chi connectivity index (χ4n) is 5.10. The average molecular weight is 537 g/mol. The Balaban J connectivity index is 1.34. The zero-order valence-electron chi connectivity index (χ0n) is 23.5. The van der Waals surface area contributed by atoms with Crippen LogP contribution in [0.1, 0.15) is 49.3 Å². The van der Waals surface area contributed by atoms with Crippen molar-refractivity contribution in [3.05, 3.63) is 47.2 Å². The molecule has 0 aliphatic carbocycles. The maximum absolute atomic E-state index is 12.4. The Morgan fingerprint density at radius 1 is 1.08 bits per heavy atom. The summed E-state index contributed by atoms with van der Waals surface area (Å²) < 4.78 is 7.56.